The molecule has 8 heteroatoms. The van der Waals surface area contributed by atoms with E-state index in [2.05, 4.69) is 22.1 Å². The van der Waals surface area contributed by atoms with Gasteiger partial charge in [0.25, 0.3) is 0 Å². The van der Waals surface area contributed by atoms with Crippen LogP contribution >= 0.6 is 23.1 Å². The van der Waals surface area contributed by atoms with E-state index in [1.807, 2.05) is 30.3 Å². The summed E-state index contributed by atoms with van der Waals surface area (Å²) >= 11 is 2.83. The van der Waals surface area contributed by atoms with Crippen molar-refractivity contribution < 1.29 is 9.59 Å². The first-order chi connectivity index (χ1) is 12.6. The number of nitrogens with one attached hydrogen (secondary N) is 1. The monoisotopic (exact) mass is 386 g/mol. The van der Waals surface area contributed by atoms with Crippen LogP contribution < -0.4 is 5.32 Å². The summed E-state index contributed by atoms with van der Waals surface area (Å²) in [6.45, 7) is 5.16. The van der Waals surface area contributed by atoms with Crippen molar-refractivity contribution in [3.63, 3.8) is 0 Å². The molecule has 3 rings (SSSR count). The van der Waals surface area contributed by atoms with Gasteiger partial charge in [-0.2, -0.15) is 0 Å². The summed E-state index contributed by atoms with van der Waals surface area (Å²) < 4.78 is 0.775. The third-order valence-electron chi connectivity index (χ3n) is 3.83. The highest BCUT2D eigenvalue weighted by atomic mass is 32.2. The normalized spacial score (nSPS) is 15.4. The number of carbonyl (C=O) groups excluding carboxylic acids is 2. The third-order valence-corrected chi connectivity index (χ3v) is 5.79. The molecule has 2 aromatic rings. The molecule has 2 amide bonds. The van der Waals surface area contributed by atoms with Gasteiger partial charge < -0.3 is 10.2 Å². The summed E-state index contributed by atoms with van der Waals surface area (Å²) in [5, 5.41) is 11.2. The van der Waals surface area contributed by atoms with Crippen molar-refractivity contribution in [2.24, 2.45) is 0 Å². The maximum absolute atomic E-state index is 12.5. The molecule has 0 unspecified atom stereocenters. The quantitative estimate of drug-likeness (QED) is 0.465. The molecule has 1 aromatic heterocycles. The molecule has 0 aliphatic carbocycles. The Labute approximate surface area is 160 Å². The summed E-state index contributed by atoms with van der Waals surface area (Å²) in [5.41, 5.74) is 1.97. The molecule has 1 aromatic carbocycles. The Kier molecular flexibility index (Phi) is 5.85. The van der Waals surface area contributed by atoms with Crippen LogP contribution in [-0.4, -0.2) is 32.7 Å². The fourth-order valence-electron chi connectivity index (χ4n) is 2.71. The van der Waals surface area contributed by atoms with Crippen LogP contribution in [-0.2, 0) is 9.59 Å². The number of carbonyl (C=O) groups is 2. The highest BCUT2D eigenvalue weighted by Crippen LogP contribution is 2.33. The van der Waals surface area contributed by atoms with Crippen LogP contribution in [0, 0.1) is 0 Å². The Morgan fingerprint density at radius 2 is 2.19 bits per heavy atom. The van der Waals surface area contributed by atoms with E-state index < -0.39 is 0 Å². The number of benzene rings is 1. The molecular weight excluding hydrogens is 368 g/mol. The Hall–Kier alpha value is -2.45. The van der Waals surface area contributed by atoms with Crippen molar-refractivity contribution >= 4 is 46.1 Å². The van der Waals surface area contributed by atoms with E-state index in [-0.39, 0.29) is 24.3 Å². The number of thioether (sulfide) groups is 1. The molecule has 0 saturated heterocycles. The summed E-state index contributed by atoms with van der Waals surface area (Å²) in [6, 6.07) is 7.43. The molecule has 1 N–H and O–H groups in total. The van der Waals surface area contributed by atoms with Crippen LogP contribution in [0.5, 0.6) is 0 Å². The summed E-state index contributed by atoms with van der Waals surface area (Å²) in [4.78, 5) is 26.1. The number of hydrogen-bond acceptors (Lipinski definition) is 6. The maximum Gasteiger partial charge on any atom is 0.228 e. The lowest BCUT2D eigenvalue weighted by Crippen LogP contribution is -2.33. The van der Waals surface area contributed by atoms with Gasteiger partial charge in [0, 0.05) is 18.9 Å². The molecule has 1 aliphatic heterocycles. The second-order valence-corrected chi connectivity index (χ2v) is 7.86. The molecule has 2 heterocycles. The minimum atomic E-state index is -0.337. The smallest absolute Gasteiger partial charge is 0.228 e. The van der Waals surface area contributed by atoms with Crippen LogP contribution in [0.15, 0.2) is 47.5 Å². The topological polar surface area (TPSA) is 75.2 Å². The maximum atomic E-state index is 12.5. The minimum absolute atomic E-state index is 0.104. The lowest BCUT2D eigenvalue weighted by Gasteiger charge is -2.32. The van der Waals surface area contributed by atoms with E-state index in [0.29, 0.717) is 5.13 Å². The van der Waals surface area contributed by atoms with Gasteiger partial charge in [0.1, 0.15) is 0 Å². The van der Waals surface area contributed by atoms with E-state index in [9.17, 15) is 9.59 Å². The van der Waals surface area contributed by atoms with Crippen molar-refractivity contribution in [2.45, 2.75) is 23.7 Å². The first kappa shape index (κ1) is 18.3. The minimum Gasteiger partial charge on any atom is -0.311 e. The zero-order chi connectivity index (χ0) is 18.5. The molecule has 0 spiro atoms. The second-order valence-electron chi connectivity index (χ2n) is 5.61. The van der Waals surface area contributed by atoms with Crippen molar-refractivity contribution in [2.75, 3.05) is 11.1 Å². The first-order valence-electron chi connectivity index (χ1n) is 8.01. The average molecular weight is 387 g/mol. The molecule has 0 radical (unpaired) electrons. The Morgan fingerprint density at radius 1 is 1.38 bits per heavy atom. The standard InChI is InChI=1S/C18H18N4O2S2/c1-3-10-25-18-21-20-17(26-18)19-16(24)11-15-14-7-5-4-6-13(14)8-9-22(15)12(2)23/h3-9,15H,1,10-11H2,2H3,(H,19,20,24)/t15-/m1/s1. The van der Waals surface area contributed by atoms with Gasteiger partial charge in [-0.3, -0.25) is 9.59 Å². The Balaban J connectivity index is 1.72. The van der Waals surface area contributed by atoms with Gasteiger partial charge in [-0.15, -0.1) is 16.8 Å². The molecule has 1 aliphatic rings. The number of hydrogen-bond donors (Lipinski definition) is 1. The summed E-state index contributed by atoms with van der Waals surface area (Å²) in [7, 11) is 0. The van der Waals surface area contributed by atoms with Crippen molar-refractivity contribution in [1.29, 1.82) is 0 Å². The van der Waals surface area contributed by atoms with E-state index in [0.717, 1.165) is 21.2 Å². The number of rotatable bonds is 6. The number of nitrogens with zero attached hydrogens (tertiary/aromatic N) is 3. The molecule has 0 fully saturated rings. The molecule has 1 atom stereocenters. The zero-order valence-corrected chi connectivity index (χ0v) is 15.8. The fraction of sp³-hybridized carbons (Fsp3) is 0.222. The molecular formula is C18H18N4O2S2. The number of aromatic nitrogens is 2. The van der Waals surface area contributed by atoms with E-state index in [1.165, 1.54) is 30.0 Å². The van der Waals surface area contributed by atoms with Gasteiger partial charge >= 0.3 is 0 Å². The fourth-order valence-corrected chi connectivity index (χ4v) is 4.24. The van der Waals surface area contributed by atoms with E-state index >= 15 is 0 Å². The first-order valence-corrected chi connectivity index (χ1v) is 9.81. The summed E-state index contributed by atoms with van der Waals surface area (Å²) in [5.74, 6) is 0.428. The number of amides is 2. The van der Waals surface area contributed by atoms with Gasteiger partial charge in [0.05, 0.1) is 12.5 Å². The van der Waals surface area contributed by atoms with Crippen LogP contribution in [0.2, 0.25) is 0 Å². The van der Waals surface area contributed by atoms with E-state index in [4.69, 9.17) is 0 Å². The largest absolute Gasteiger partial charge is 0.311 e. The molecule has 134 valence electrons. The SMILES string of the molecule is C=CCSc1nnc(NC(=O)C[C@@H]2c3ccccc3C=CN2C(C)=O)s1. The highest BCUT2D eigenvalue weighted by Gasteiger charge is 2.28. The van der Waals surface area contributed by atoms with Crippen LogP contribution in [0.1, 0.15) is 30.5 Å². The average Bonchev–Trinajstić information content (AvgIpc) is 3.07. The molecule has 0 bridgehead atoms. The molecule has 6 nitrogen and oxygen atoms in total. The summed E-state index contributed by atoms with van der Waals surface area (Å²) in [6.07, 6.45) is 5.56. The zero-order valence-electron chi connectivity index (χ0n) is 14.2. The third kappa shape index (κ3) is 4.20. The Morgan fingerprint density at radius 3 is 2.96 bits per heavy atom. The van der Waals surface area contributed by atoms with Crippen LogP contribution in [0.4, 0.5) is 5.13 Å². The molecule has 26 heavy (non-hydrogen) atoms. The van der Waals surface area contributed by atoms with Crippen molar-refractivity contribution in [3.05, 3.63) is 54.2 Å². The van der Waals surface area contributed by atoms with Gasteiger partial charge in [0.15, 0.2) is 4.34 Å². The number of fused-ring (bicyclic) bond motifs is 1. The molecule has 0 saturated carbocycles. The van der Waals surface area contributed by atoms with Crippen molar-refractivity contribution in [3.8, 4) is 0 Å². The highest BCUT2D eigenvalue weighted by molar-refractivity contribution is 8.01. The van der Waals surface area contributed by atoms with Crippen LogP contribution in [0.3, 0.4) is 0 Å². The second kappa shape index (κ2) is 8.29. The lowest BCUT2D eigenvalue weighted by atomic mass is 9.93. The van der Waals surface area contributed by atoms with Gasteiger partial charge in [-0.1, -0.05) is 53.4 Å². The number of anilines is 1. The lowest BCUT2D eigenvalue weighted by molar-refractivity contribution is -0.129. The van der Waals surface area contributed by atoms with Crippen molar-refractivity contribution in [1.82, 2.24) is 15.1 Å². The van der Waals surface area contributed by atoms with Gasteiger partial charge in [-0.05, 0) is 17.2 Å². The van der Waals surface area contributed by atoms with Gasteiger partial charge in [0.2, 0.25) is 16.9 Å². The van der Waals surface area contributed by atoms with Gasteiger partial charge in [-0.25, -0.2) is 0 Å². The van der Waals surface area contributed by atoms with E-state index in [1.54, 1.807) is 17.2 Å². The van der Waals surface area contributed by atoms with Crippen LogP contribution in [0.25, 0.3) is 6.08 Å². The Bertz CT molecular complexity index is 862. The predicted molar refractivity (Wildman–Crippen MR) is 105 cm³/mol. The predicted octanol–water partition coefficient (Wildman–Crippen LogP) is 3.72.